The van der Waals surface area contributed by atoms with E-state index in [9.17, 15) is 5.11 Å². The van der Waals surface area contributed by atoms with Crippen molar-refractivity contribution in [1.29, 1.82) is 0 Å². The summed E-state index contributed by atoms with van der Waals surface area (Å²) in [5.74, 6) is 0. The maximum Gasteiger partial charge on any atom is 0.160 e. The lowest BCUT2D eigenvalue weighted by molar-refractivity contribution is -0.241. The quantitative estimate of drug-likeness (QED) is 0.650. The summed E-state index contributed by atoms with van der Waals surface area (Å²) in [6.07, 6.45) is -0.638. The Labute approximate surface area is 72.4 Å². The van der Waals surface area contributed by atoms with Gasteiger partial charge in [0, 0.05) is 20.6 Å². The van der Waals surface area contributed by atoms with Gasteiger partial charge in [0.2, 0.25) is 0 Å². The highest BCUT2D eigenvalue weighted by Crippen LogP contribution is 2.22. The summed E-state index contributed by atoms with van der Waals surface area (Å²) in [4.78, 5) is 0. The molecule has 1 fully saturated rings. The molecule has 1 aliphatic heterocycles. The fourth-order valence-corrected chi connectivity index (χ4v) is 1.39. The average Bonchev–Trinajstić information content (AvgIpc) is 2.09. The molecule has 0 aromatic carbocycles. The largest absolute Gasteiger partial charge is 0.388 e. The van der Waals surface area contributed by atoms with Crippen molar-refractivity contribution in [3.63, 3.8) is 0 Å². The zero-order valence-corrected chi connectivity index (χ0v) is 7.69. The molecule has 0 radical (unpaired) electrons. The number of hydrogen-bond acceptors (Lipinski definition) is 4. The molecule has 0 aliphatic carbocycles. The fourth-order valence-electron chi connectivity index (χ4n) is 1.39. The minimum Gasteiger partial charge on any atom is -0.388 e. The van der Waals surface area contributed by atoms with Gasteiger partial charge in [-0.3, -0.25) is 0 Å². The Balaban J connectivity index is 2.52. The third kappa shape index (κ3) is 1.95. The smallest absolute Gasteiger partial charge is 0.160 e. The second-order valence-electron chi connectivity index (χ2n) is 3.01. The molecule has 0 saturated carbocycles. The predicted molar refractivity (Wildman–Crippen MR) is 42.8 cm³/mol. The summed E-state index contributed by atoms with van der Waals surface area (Å²) in [7, 11) is 3.17. The lowest BCUT2D eigenvalue weighted by atomic mass is 10.0. The molecule has 4 nitrogen and oxygen atoms in total. The van der Waals surface area contributed by atoms with Crippen LogP contribution in [0.3, 0.4) is 0 Å². The molecule has 0 amide bonds. The molecule has 1 saturated heterocycles. The van der Waals surface area contributed by atoms with Crippen molar-refractivity contribution >= 4 is 0 Å². The van der Waals surface area contributed by atoms with Crippen molar-refractivity contribution in [1.82, 2.24) is 0 Å². The van der Waals surface area contributed by atoms with Crippen LogP contribution in [0.15, 0.2) is 0 Å². The van der Waals surface area contributed by atoms with Crippen LogP contribution < -0.4 is 0 Å². The molecule has 1 aliphatic rings. The summed E-state index contributed by atoms with van der Waals surface area (Å²) in [6.45, 7) is 1.81. The highest BCUT2D eigenvalue weighted by atomic mass is 16.7. The third-order valence-electron chi connectivity index (χ3n) is 2.22. The van der Waals surface area contributed by atoms with Crippen molar-refractivity contribution in [3.8, 4) is 0 Å². The van der Waals surface area contributed by atoms with Crippen LogP contribution in [-0.4, -0.2) is 43.9 Å². The lowest BCUT2D eigenvalue weighted by Crippen LogP contribution is -2.48. The van der Waals surface area contributed by atoms with Gasteiger partial charge >= 0.3 is 0 Å². The first-order chi connectivity index (χ1) is 5.69. The SMILES string of the molecule is CO[C@H]1C[C@H](OC)[C@H](O)[C@H](C)O1. The molecule has 4 atom stereocenters. The molecule has 1 rings (SSSR count). The molecule has 4 heteroatoms. The van der Waals surface area contributed by atoms with E-state index in [0.29, 0.717) is 6.42 Å². The van der Waals surface area contributed by atoms with E-state index < -0.39 is 6.10 Å². The Morgan fingerprint density at radius 1 is 1.33 bits per heavy atom. The first-order valence-electron chi connectivity index (χ1n) is 4.08. The second kappa shape index (κ2) is 4.18. The van der Waals surface area contributed by atoms with Crippen LogP contribution in [0, 0.1) is 0 Å². The van der Waals surface area contributed by atoms with Crippen molar-refractivity contribution in [2.45, 2.75) is 37.9 Å². The summed E-state index contributed by atoms with van der Waals surface area (Å²) in [5.41, 5.74) is 0. The van der Waals surface area contributed by atoms with Crippen LogP contribution >= 0.6 is 0 Å². The van der Waals surface area contributed by atoms with Crippen LogP contribution in [0.5, 0.6) is 0 Å². The van der Waals surface area contributed by atoms with Crippen molar-refractivity contribution in [2.75, 3.05) is 14.2 Å². The monoisotopic (exact) mass is 176 g/mol. The predicted octanol–water partition coefficient (Wildman–Crippen LogP) is 0.144. The van der Waals surface area contributed by atoms with E-state index in [-0.39, 0.29) is 18.5 Å². The molecule has 72 valence electrons. The van der Waals surface area contributed by atoms with Gasteiger partial charge in [0.25, 0.3) is 0 Å². The van der Waals surface area contributed by atoms with E-state index in [2.05, 4.69) is 0 Å². The van der Waals surface area contributed by atoms with Crippen LogP contribution in [0.25, 0.3) is 0 Å². The first-order valence-corrected chi connectivity index (χ1v) is 4.08. The zero-order chi connectivity index (χ0) is 9.14. The molecule has 1 N–H and O–H groups in total. The summed E-state index contributed by atoms with van der Waals surface area (Å²) in [6, 6.07) is 0. The highest BCUT2D eigenvalue weighted by molar-refractivity contribution is 4.80. The molecule has 0 bridgehead atoms. The van der Waals surface area contributed by atoms with E-state index in [0.717, 1.165) is 0 Å². The standard InChI is InChI=1S/C8H16O4/c1-5-8(9)6(10-2)4-7(11-3)12-5/h5-9H,4H2,1-3H3/t5-,6-,7+,8+/m0/s1. The van der Waals surface area contributed by atoms with Crippen molar-refractivity contribution < 1.29 is 19.3 Å². The molecular formula is C8H16O4. The van der Waals surface area contributed by atoms with Crippen molar-refractivity contribution in [2.24, 2.45) is 0 Å². The Morgan fingerprint density at radius 2 is 2.00 bits per heavy atom. The maximum atomic E-state index is 9.55. The average molecular weight is 176 g/mol. The molecular weight excluding hydrogens is 160 g/mol. The zero-order valence-electron chi connectivity index (χ0n) is 7.69. The van der Waals surface area contributed by atoms with E-state index in [1.807, 2.05) is 6.92 Å². The lowest BCUT2D eigenvalue weighted by Gasteiger charge is -2.36. The van der Waals surface area contributed by atoms with Gasteiger partial charge in [-0.1, -0.05) is 0 Å². The number of hydrogen-bond donors (Lipinski definition) is 1. The normalized spacial score (nSPS) is 43.0. The van der Waals surface area contributed by atoms with E-state index in [4.69, 9.17) is 14.2 Å². The highest BCUT2D eigenvalue weighted by Gasteiger charge is 2.35. The van der Waals surface area contributed by atoms with Gasteiger partial charge in [-0.2, -0.15) is 0 Å². The van der Waals surface area contributed by atoms with Gasteiger partial charge in [0.1, 0.15) is 6.10 Å². The summed E-state index contributed by atoms with van der Waals surface area (Å²) >= 11 is 0. The number of methoxy groups -OCH3 is 2. The van der Waals surface area contributed by atoms with Crippen LogP contribution in [0.4, 0.5) is 0 Å². The first kappa shape index (κ1) is 9.92. The second-order valence-corrected chi connectivity index (χ2v) is 3.01. The molecule has 12 heavy (non-hydrogen) atoms. The fraction of sp³-hybridized carbons (Fsp3) is 1.00. The molecule has 0 aromatic rings. The van der Waals surface area contributed by atoms with Gasteiger partial charge in [-0.15, -0.1) is 0 Å². The number of ether oxygens (including phenoxy) is 3. The topological polar surface area (TPSA) is 47.9 Å². The number of rotatable bonds is 2. The molecule has 0 unspecified atom stereocenters. The van der Waals surface area contributed by atoms with Gasteiger partial charge in [-0.25, -0.2) is 0 Å². The van der Waals surface area contributed by atoms with E-state index in [1.165, 1.54) is 0 Å². The van der Waals surface area contributed by atoms with Gasteiger partial charge in [0.15, 0.2) is 6.29 Å². The third-order valence-corrected chi connectivity index (χ3v) is 2.22. The maximum absolute atomic E-state index is 9.55. The molecule has 0 aromatic heterocycles. The summed E-state index contributed by atoms with van der Waals surface area (Å²) in [5, 5.41) is 9.55. The van der Waals surface area contributed by atoms with Gasteiger partial charge < -0.3 is 19.3 Å². The molecule has 0 spiro atoms. The van der Waals surface area contributed by atoms with Crippen molar-refractivity contribution in [3.05, 3.63) is 0 Å². The number of aliphatic hydroxyl groups excluding tert-OH is 1. The number of aliphatic hydroxyl groups is 1. The minimum atomic E-state index is -0.554. The Morgan fingerprint density at radius 3 is 2.50 bits per heavy atom. The van der Waals surface area contributed by atoms with E-state index in [1.54, 1.807) is 14.2 Å². The summed E-state index contributed by atoms with van der Waals surface area (Å²) < 4.78 is 15.5. The Kier molecular flexibility index (Phi) is 3.46. The van der Waals surface area contributed by atoms with Crippen LogP contribution in [0.2, 0.25) is 0 Å². The van der Waals surface area contributed by atoms with E-state index >= 15 is 0 Å². The van der Waals surface area contributed by atoms with Crippen LogP contribution in [0.1, 0.15) is 13.3 Å². The van der Waals surface area contributed by atoms with Gasteiger partial charge in [0.05, 0.1) is 12.2 Å². The van der Waals surface area contributed by atoms with Crippen LogP contribution in [-0.2, 0) is 14.2 Å². The van der Waals surface area contributed by atoms with Gasteiger partial charge in [-0.05, 0) is 6.92 Å². The molecule has 1 heterocycles. The Hall–Kier alpha value is -0.160. The minimum absolute atomic E-state index is 0.182. The Bertz CT molecular complexity index is 139.